The molecular formula is C12H6BrNO2. The lowest BCUT2D eigenvalue weighted by Gasteiger charge is -2.00. The molecule has 0 spiro atoms. The Morgan fingerprint density at radius 3 is 2.81 bits per heavy atom. The van der Waals surface area contributed by atoms with Gasteiger partial charge in [0.15, 0.2) is 0 Å². The van der Waals surface area contributed by atoms with Crippen LogP contribution in [0.2, 0.25) is 0 Å². The Balaban J connectivity index is 2.61. The molecule has 0 atom stereocenters. The van der Waals surface area contributed by atoms with Crippen molar-refractivity contribution in [2.24, 2.45) is 0 Å². The van der Waals surface area contributed by atoms with E-state index in [4.69, 9.17) is 4.42 Å². The number of rotatable bonds is 0. The molecule has 78 valence electrons. The summed E-state index contributed by atoms with van der Waals surface area (Å²) in [5.41, 5.74) is 1.10. The highest BCUT2D eigenvalue weighted by atomic mass is 79.9. The highest BCUT2D eigenvalue weighted by molar-refractivity contribution is 9.10. The van der Waals surface area contributed by atoms with Gasteiger partial charge in [-0.3, -0.25) is 9.78 Å². The molecular weight excluding hydrogens is 270 g/mol. The third-order valence-electron chi connectivity index (χ3n) is 2.43. The van der Waals surface area contributed by atoms with Crippen molar-refractivity contribution in [1.82, 2.24) is 4.98 Å². The Bertz CT molecular complexity index is 749. The molecule has 0 radical (unpaired) electrons. The van der Waals surface area contributed by atoms with E-state index in [0.29, 0.717) is 21.9 Å². The first kappa shape index (κ1) is 9.54. The lowest BCUT2D eigenvalue weighted by molar-refractivity contribution is 0.659. The number of nitrogens with zero attached hydrogens (tertiary/aromatic N) is 1. The number of fused-ring (bicyclic) bond motifs is 2. The Morgan fingerprint density at radius 1 is 1.12 bits per heavy atom. The predicted octanol–water partition coefficient (Wildman–Crippen LogP) is 3.10. The van der Waals surface area contributed by atoms with Crippen LogP contribution in [0.25, 0.3) is 21.9 Å². The summed E-state index contributed by atoms with van der Waals surface area (Å²) in [4.78, 5) is 16.1. The maximum atomic E-state index is 12.1. The van der Waals surface area contributed by atoms with Gasteiger partial charge in [0.05, 0.1) is 10.8 Å². The molecule has 0 fully saturated rings. The molecule has 4 heteroatoms. The predicted molar refractivity (Wildman–Crippen MR) is 65.5 cm³/mol. The first-order chi connectivity index (χ1) is 7.75. The molecule has 0 aliphatic carbocycles. The fourth-order valence-corrected chi connectivity index (χ4v) is 2.03. The van der Waals surface area contributed by atoms with Gasteiger partial charge in [-0.1, -0.05) is 15.9 Å². The topological polar surface area (TPSA) is 43.1 Å². The molecule has 0 bridgehead atoms. The summed E-state index contributed by atoms with van der Waals surface area (Å²) in [5, 5.41) is 1.07. The molecule has 0 N–H and O–H groups in total. The number of halogens is 1. The van der Waals surface area contributed by atoms with Gasteiger partial charge in [0, 0.05) is 16.9 Å². The summed E-state index contributed by atoms with van der Waals surface area (Å²) in [7, 11) is 0. The van der Waals surface area contributed by atoms with Crippen molar-refractivity contribution >= 4 is 37.9 Å². The highest BCUT2D eigenvalue weighted by Gasteiger charge is 2.07. The second-order valence-corrected chi connectivity index (χ2v) is 4.36. The molecule has 0 aliphatic rings. The Morgan fingerprint density at radius 2 is 1.94 bits per heavy atom. The minimum absolute atomic E-state index is 0.0503. The molecule has 3 rings (SSSR count). The maximum absolute atomic E-state index is 12.1. The molecule has 1 aromatic carbocycles. The second kappa shape index (κ2) is 3.42. The smallest absolute Gasteiger partial charge is 0.202 e. The zero-order valence-electron chi connectivity index (χ0n) is 8.11. The number of benzene rings is 1. The van der Waals surface area contributed by atoms with Crippen LogP contribution in [0.4, 0.5) is 0 Å². The van der Waals surface area contributed by atoms with Crippen LogP contribution in [0.5, 0.6) is 0 Å². The van der Waals surface area contributed by atoms with E-state index < -0.39 is 0 Å². The van der Waals surface area contributed by atoms with Crippen LogP contribution in [-0.4, -0.2) is 4.98 Å². The van der Waals surface area contributed by atoms with Crippen LogP contribution in [0.1, 0.15) is 0 Å². The van der Waals surface area contributed by atoms with E-state index in [1.165, 1.54) is 6.20 Å². The van der Waals surface area contributed by atoms with Crippen molar-refractivity contribution in [1.29, 1.82) is 0 Å². The maximum Gasteiger partial charge on any atom is 0.202 e. The SMILES string of the molecule is O=c1c2cnccc2oc2ccc(Br)cc12. The fraction of sp³-hybridized carbons (Fsp3) is 0. The molecule has 3 aromatic rings. The van der Waals surface area contributed by atoms with Crippen molar-refractivity contribution in [3.8, 4) is 0 Å². The van der Waals surface area contributed by atoms with Gasteiger partial charge in [-0.25, -0.2) is 0 Å². The Hall–Kier alpha value is -1.68. The summed E-state index contributed by atoms with van der Waals surface area (Å²) in [5.74, 6) is 0. The van der Waals surface area contributed by atoms with E-state index >= 15 is 0 Å². The van der Waals surface area contributed by atoms with Gasteiger partial charge in [-0.15, -0.1) is 0 Å². The van der Waals surface area contributed by atoms with Gasteiger partial charge in [-0.05, 0) is 24.3 Å². The van der Waals surface area contributed by atoms with Gasteiger partial charge in [0.1, 0.15) is 11.2 Å². The van der Waals surface area contributed by atoms with Crippen molar-refractivity contribution in [3.05, 3.63) is 51.4 Å². The van der Waals surface area contributed by atoms with Gasteiger partial charge in [-0.2, -0.15) is 0 Å². The molecule has 0 saturated heterocycles. The van der Waals surface area contributed by atoms with Crippen LogP contribution in [0.15, 0.2) is 50.3 Å². The van der Waals surface area contributed by atoms with E-state index in [2.05, 4.69) is 20.9 Å². The van der Waals surface area contributed by atoms with E-state index in [-0.39, 0.29) is 5.43 Å². The summed E-state index contributed by atoms with van der Waals surface area (Å²) < 4.78 is 6.48. The average molecular weight is 276 g/mol. The lowest BCUT2D eigenvalue weighted by atomic mass is 10.2. The van der Waals surface area contributed by atoms with Crippen LogP contribution >= 0.6 is 15.9 Å². The van der Waals surface area contributed by atoms with Crippen molar-refractivity contribution in [2.75, 3.05) is 0 Å². The molecule has 16 heavy (non-hydrogen) atoms. The number of hydrogen-bond donors (Lipinski definition) is 0. The number of hydrogen-bond acceptors (Lipinski definition) is 3. The molecule has 0 saturated carbocycles. The molecule has 2 aromatic heterocycles. The van der Waals surface area contributed by atoms with Crippen molar-refractivity contribution < 1.29 is 4.42 Å². The number of aromatic nitrogens is 1. The average Bonchev–Trinajstić information content (AvgIpc) is 2.31. The zero-order valence-corrected chi connectivity index (χ0v) is 9.69. The standard InChI is InChI=1S/C12H6BrNO2/c13-7-1-2-10-8(5-7)12(15)9-6-14-4-3-11(9)16-10/h1-6H. The lowest BCUT2D eigenvalue weighted by Crippen LogP contribution is -2.02. The van der Waals surface area contributed by atoms with E-state index in [9.17, 15) is 4.79 Å². The molecule has 0 unspecified atom stereocenters. The minimum atomic E-state index is -0.0503. The number of pyridine rings is 1. The summed E-state index contributed by atoms with van der Waals surface area (Å²) in [6.07, 6.45) is 3.14. The minimum Gasteiger partial charge on any atom is -0.456 e. The molecule has 3 nitrogen and oxygen atoms in total. The fourth-order valence-electron chi connectivity index (χ4n) is 1.67. The quantitative estimate of drug-likeness (QED) is 0.592. The van der Waals surface area contributed by atoms with Gasteiger partial charge < -0.3 is 4.42 Å². The molecule has 2 heterocycles. The van der Waals surface area contributed by atoms with E-state index in [0.717, 1.165) is 4.47 Å². The summed E-state index contributed by atoms with van der Waals surface area (Å²) in [6, 6.07) is 7.07. The van der Waals surface area contributed by atoms with Gasteiger partial charge >= 0.3 is 0 Å². The first-order valence-electron chi connectivity index (χ1n) is 4.72. The van der Waals surface area contributed by atoms with Crippen LogP contribution < -0.4 is 5.43 Å². The summed E-state index contributed by atoms with van der Waals surface area (Å²) >= 11 is 3.33. The third-order valence-corrected chi connectivity index (χ3v) is 2.93. The normalized spacial score (nSPS) is 11.1. The van der Waals surface area contributed by atoms with Gasteiger partial charge in [0.25, 0.3) is 0 Å². The van der Waals surface area contributed by atoms with E-state index in [1.807, 2.05) is 6.07 Å². The first-order valence-corrected chi connectivity index (χ1v) is 5.51. The van der Waals surface area contributed by atoms with Crippen LogP contribution in [-0.2, 0) is 0 Å². The third kappa shape index (κ3) is 1.34. The molecule has 0 amide bonds. The summed E-state index contributed by atoms with van der Waals surface area (Å²) in [6.45, 7) is 0. The Kier molecular flexibility index (Phi) is 2.04. The second-order valence-electron chi connectivity index (χ2n) is 3.44. The zero-order chi connectivity index (χ0) is 11.1. The highest BCUT2D eigenvalue weighted by Crippen LogP contribution is 2.20. The van der Waals surface area contributed by atoms with Crippen molar-refractivity contribution in [3.63, 3.8) is 0 Å². The van der Waals surface area contributed by atoms with Crippen LogP contribution in [0.3, 0.4) is 0 Å². The monoisotopic (exact) mass is 275 g/mol. The Labute approximate surface area is 98.8 Å². The molecule has 0 aliphatic heterocycles. The largest absolute Gasteiger partial charge is 0.456 e. The van der Waals surface area contributed by atoms with Gasteiger partial charge in [0.2, 0.25) is 5.43 Å². The van der Waals surface area contributed by atoms with Crippen molar-refractivity contribution in [2.45, 2.75) is 0 Å². The van der Waals surface area contributed by atoms with Crippen LogP contribution in [0, 0.1) is 0 Å². The van der Waals surface area contributed by atoms with E-state index in [1.54, 1.807) is 24.4 Å².